The van der Waals surface area contributed by atoms with Crippen LogP contribution in [0.3, 0.4) is 0 Å². The van der Waals surface area contributed by atoms with Crippen molar-refractivity contribution in [2.45, 2.75) is 41.7 Å². The van der Waals surface area contributed by atoms with E-state index in [0.717, 1.165) is 16.8 Å². The highest BCUT2D eigenvalue weighted by molar-refractivity contribution is 8.00. The van der Waals surface area contributed by atoms with Gasteiger partial charge in [0, 0.05) is 16.7 Å². The van der Waals surface area contributed by atoms with Crippen molar-refractivity contribution in [2.75, 3.05) is 13.1 Å². The zero-order valence-corrected chi connectivity index (χ0v) is 11.5. The van der Waals surface area contributed by atoms with E-state index in [1.54, 1.807) is 0 Å². The van der Waals surface area contributed by atoms with Crippen LogP contribution in [0.15, 0.2) is 23.1 Å². The van der Waals surface area contributed by atoms with Crippen LogP contribution in [0.1, 0.15) is 37.2 Å². The van der Waals surface area contributed by atoms with Crippen LogP contribution < -0.4 is 5.32 Å². The molecule has 0 spiro atoms. The second kappa shape index (κ2) is 5.21. The number of thioether (sulfide) groups is 1. The van der Waals surface area contributed by atoms with Crippen LogP contribution in [0, 0.1) is 0 Å². The van der Waals surface area contributed by atoms with Crippen LogP contribution in [-0.2, 0) is 0 Å². The summed E-state index contributed by atoms with van der Waals surface area (Å²) in [5.41, 5.74) is 1.40. The van der Waals surface area contributed by atoms with Gasteiger partial charge in [0.25, 0.3) is 0 Å². The van der Waals surface area contributed by atoms with Crippen molar-refractivity contribution in [1.29, 1.82) is 0 Å². The Labute approximate surface area is 112 Å². The minimum absolute atomic E-state index is 0.654. The Bertz CT molecular complexity index is 397. The highest BCUT2D eigenvalue weighted by Gasteiger charge is 2.24. The number of hydrogen-bond donors (Lipinski definition) is 1. The van der Waals surface area contributed by atoms with Crippen molar-refractivity contribution in [3.8, 4) is 0 Å². The summed E-state index contributed by atoms with van der Waals surface area (Å²) in [7, 11) is 0. The van der Waals surface area contributed by atoms with E-state index < -0.39 is 0 Å². The summed E-state index contributed by atoms with van der Waals surface area (Å²) < 4.78 is 0. The number of benzene rings is 1. The summed E-state index contributed by atoms with van der Waals surface area (Å²) in [5.74, 6) is 0.654. The summed E-state index contributed by atoms with van der Waals surface area (Å²) in [5, 5.41) is 5.24. The molecule has 0 bridgehead atoms. The molecule has 2 aliphatic rings. The molecular weight excluding hydrogens is 250 g/mol. The molecule has 1 aliphatic carbocycles. The lowest BCUT2D eigenvalue weighted by atomic mass is 9.92. The summed E-state index contributed by atoms with van der Waals surface area (Å²) >= 11 is 8.32. The van der Waals surface area contributed by atoms with Crippen molar-refractivity contribution in [2.24, 2.45) is 0 Å². The third kappa shape index (κ3) is 2.98. The quantitative estimate of drug-likeness (QED) is 0.886. The fourth-order valence-corrected chi connectivity index (χ4v) is 3.74. The van der Waals surface area contributed by atoms with E-state index in [4.69, 9.17) is 11.6 Å². The Hall–Kier alpha value is -0.180. The zero-order valence-electron chi connectivity index (χ0n) is 9.92. The van der Waals surface area contributed by atoms with Gasteiger partial charge in [0.2, 0.25) is 0 Å². The van der Waals surface area contributed by atoms with Crippen molar-refractivity contribution in [1.82, 2.24) is 5.32 Å². The molecule has 92 valence electrons. The van der Waals surface area contributed by atoms with Gasteiger partial charge in [-0.1, -0.05) is 17.7 Å². The summed E-state index contributed by atoms with van der Waals surface area (Å²) in [6.07, 6.45) is 5.28. The molecule has 1 aromatic rings. The second-order valence-corrected chi connectivity index (χ2v) is 6.80. The third-order valence-corrected chi connectivity index (χ3v) is 5.38. The first-order valence-corrected chi connectivity index (χ1v) is 7.75. The van der Waals surface area contributed by atoms with E-state index in [-0.39, 0.29) is 0 Å². The molecule has 0 radical (unpaired) electrons. The van der Waals surface area contributed by atoms with Crippen molar-refractivity contribution in [3.05, 3.63) is 28.8 Å². The normalized spacial score (nSPS) is 24.9. The molecule has 1 unspecified atom stereocenters. The molecule has 1 atom stereocenters. The Morgan fingerprint density at radius 3 is 2.76 bits per heavy atom. The predicted molar refractivity (Wildman–Crippen MR) is 75.2 cm³/mol. The maximum atomic E-state index is 6.38. The Balaban J connectivity index is 1.74. The molecule has 0 amide bonds. The fraction of sp³-hybridized carbons (Fsp3) is 0.571. The monoisotopic (exact) mass is 267 g/mol. The molecule has 17 heavy (non-hydrogen) atoms. The van der Waals surface area contributed by atoms with Crippen LogP contribution in [0.4, 0.5) is 0 Å². The number of nitrogens with one attached hydrogen (secondary N) is 1. The lowest BCUT2D eigenvalue weighted by Crippen LogP contribution is -2.28. The van der Waals surface area contributed by atoms with Crippen molar-refractivity contribution < 1.29 is 0 Å². The summed E-state index contributed by atoms with van der Waals surface area (Å²) in [6.45, 7) is 2.27. The van der Waals surface area contributed by atoms with Crippen LogP contribution in [0.5, 0.6) is 0 Å². The summed E-state index contributed by atoms with van der Waals surface area (Å²) in [4.78, 5) is 1.27. The van der Waals surface area contributed by atoms with Gasteiger partial charge in [0.1, 0.15) is 0 Å². The standard InChI is InChI=1S/C14H18ClNS/c15-13-8-10(11-2-1-7-16-9-11)3-6-14(13)17-12-4-5-12/h3,6,8,11-12,16H,1-2,4-5,7,9H2. The first kappa shape index (κ1) is 11.9. The maximum Gasteiger partial charge on any atom is 0.0544 e. The van der Waals surface area contributed by atoms with Gasteiger partial charge in [0.05, 0.1) is 5.02 Å². The smallest absolute Gasteiger partial charge is 0.0544 e. The highest BCUT2D eigenvalue weighted by Crippen LogP contribution is 2.42. The molecular formula is C14H18ClNS. The average Bonchev–Trinajstić information content (AvgIpc) is 3.17. The molecule has 1 nitrogen and oxygen atoms in total. The van der Waals surface area contributed by atoms with Crippen LogP contribution in [0.25, 0.3) is 0 Å². The molecule has 2 fully saturated rings. The van der Waals surface area contributed by atoms with E-state index in [1.807, 2.05) is 11.8 Å². The number of hydrogen-bond acceptors (Lipinski definition) is 2. The molecule has 1 saturated carbocycles. The van der Waals surface area contributed by atoms with Crippen molar-refractivity contribution >= 4 is 23.4 Å². The van der Waals surface area contributed by atoms with Gasteiger partial charge in [-0.05, 0) is 55.8 Å². The average molecular weight is 268 g/mol. The highest BCUT2D eigenvalue weighted by atomic mass is 35.5. The Morgan fingerprint density at radius 2 is 2.12 bits per heavy atom. The number of halogens is 1. The molecule has 1 saturated heterocycles. The van der Waals surface area contributed by atoms with Gasteiger partial charge in [-0.15, -0.1) is 11.8 Å². The first-order chi connectivity index (χ1) is 8.33. The van der Waals surface area contributed by atoms with E-state index >= 15 is 0 Å². The van der Waals surface area contributed by atoms with Gasteiger partial charge in [0.15, 0.2) is 0 Å². The SMILES string of the molecule is Clc1cc(C2CCCNC2)ccc1SC1CC1. The Morgan fingerprint density at radius 1 is 1.24 bits per heavy atom. The predicted octanol–water partition coefficient (Wildman–Crippen LogP) is 4.06. The number of piperidine rings is 1. The van der Waals surface area contributed by atoms with E-state index in [0.29, 0.717) is 5.92 Å². The van der Waals surface area contributed by atoms with Crippen molar-refractivity contribution in [3.63, 3.8) is 0 Å². The largest absolute Gasteiger partial charge is 0.316 e. The first-order valence-electron chi connectivity index (χ1n) is 6.50. The minimum Gasteiger partial charge on any atom is -0.316 e. The van der Waals surface area contributed by atoms with Crippen LogP contribution in [0.2, 0.25) is 5.02 Å². The van der Waals surface area contributed by atoms with Crippen LogP contribution in [-0.4, -0.2) is 18.3 Å². The zero-order chi connectivity index (χ0) is 11.7. The summed E-state index contributed by atoms with van der Waals surface area (Å²) in [6, 6.07) is 6.67. The van der Waals surface area contributed by atoms with Crippen LogP contribution >= 0.6 is 23.4 Å². The molecule has 3 heteroatoms. The van der Waals surface area contributed by atoms with Gasteiger partial charge in [-0.25, -0.2) is 0 Å². The molecule has 3 rings (SSSR count). The Kier molecular flexibility index (Phi) is 3.64. The second-order valence-electron chi connectivity index (χ2n) is 5.05. The van der Waals surface area contributed by atoms with E-state index in [2.05, 4.69) is 23.5 Å². The number of rotatable bonds is 3. The minimum atomic E-state index is 0.654. The van der Waals surface area contributed by atoms with Gasteiger partial charge >= 0.3 is 0 Å². The van der Waals surface area contributed by atoms with E-state index in [9.17, 15) is 0 Å². The molecule has 1 aliphatic heterocycles. The lowest BCUT2D eigenvalue weighted by molar-refractivity contribution is 0.461. The molecule has 1 heterocycles. The van der Waals surface area contributed by atoms with Gasteiger partial charge < -0.3 is 5.32 Å². The lowest BCUT2D eigenvalue weighted by Gasteiger charge is -2.23. The fourth-order valence-electron chi connectivity index (χ4n) is 2.37. The molecule has 0 aromatic heterocycles. The molecule has 1 N–H and O–H groups in total. The van der Waals surface area contributed by atoms with Gasteiger partial charge in [-0.3, -0.25) is 0 Å². The topological polar surface area (TPSA) is 12.0 Å². The molecule has 1 aromatic carbocycles. The van der Waals surface area contributed by atoms with Gasteiger partial charge in [-0.2, -0.15) is 0 Å². The maximum absolute atomic E-state index is 6.38. The third-order valence-electron chi connectivity index (χ3n) is 3.54. The van der Waals surface area contributed by atoms with E-state index in [1.165, 1.54) is 42.7 Å².